The molecule has 0 fully saturated rings. The average Bonchev–Trinajstić information content (AvgIpc) is 2.99. The fourth-order valence-electron chi connectivity index (χ4n) is 1.89. The zero-order valence-corrected chi connectivity index (χ0v) is 11.5. The number of hydrogen-bond acceptors (Lipinski definition) is 5. The Balaban J connectivity index is 1.99. The molecule has 1 aromatic carbocycles. The molecule has 0 spiro atoms. The molecule has 0 radical (unpaired) electrons. The Labute approximate surface area is 115 Å². The van der Waals surface area contributed by atoms with Crippen LogP contribution in [0.3, 0.4) is 0 Å². The van der Waals surface area contributed by atoms with Gasteiger partial charge in [0.15, 0.2) is 5.82 Å². The van der Waals surface area contributed by atoms with Crippen molar-refractivity contribution in [1.29, 1.82) is 0 Å². The largest absolute Gasteiger partial charge is 0.330 e. The smallest absolute Gasteiger partial charge is 0.234 e. The maximum atomic E-state index is 5.65. The van der Waals surface area contributed by atoms with Crippen LogP contribution in [0.5, 0.6) is 0 Å². The van der Waals surface area contributed by atoms with Crippen molar-refractivity contribution in [3.63, 3.8) is 0 Å². The van der Waals surface area contributed by atoms with Gasteiger partial charge in [-0.3, -0.25) is 0 Å². The van der Waals surface area contributed by atoms with Crippen molar-refractivity contribution in [1.82, 2.24) is 19.8 Å². The first-order chi connectivity index (χ1) is 9.28. The lowest BCUT2D eigenvalue weighted by molar-refractivity contribution is 0.586. The number of hydrogen-bond donors (Lipinski definition) is 1. The zero-order valence-electron chi connectivity index (χ0n) is 10.7. The van der Waals surface area contributed by atoms with Crippen molar-refractivity contribution in [2.24, 2.45) is 11.7 Å². The van der Waals surface area contributed by atoms with Gasteiger partial charge in [0.2, 0.25) is 4.96 Å². The molecule has 0 amide bonds. The first-order valence-electron chi connectivity index (χ1n) is 6.24. The molecule has 2 aromatic heterocycles. The van der Waals surface area contributed by atoms with E-state index in [1.807, 2.05) is 34.8 Å². The van der Waals surface area contributed by atoms with Gasteiger partial charge >= 0.3 is 0 Å². The summed E-state index contributed by atoms with van der Waals surface area (Å²) in [4.78, 5) is 0.832. The molecule has 3 aromatic rings. The van der Waals surface area contributed by atoms with E-state index in [1.165, 1.54) is 0 Å². The predicted octanol–water partition coefficient (Wildman–Crippen LogP) is 1.99. The Morgan fingerprint density at radius 1 is 1.26 bits per heavy atom. The van der Waals surface area contributed by atoms with Gasteiger partial charge in [-0.2, -0.15) is 9.61 Å². The van der Waals surface area contributed by atoms with Crippen LogP contribution in [-0.2, 0) is 6.42 Å². The van der Waals surface area contributed by atoms with E-state index in [0.717, 1.165) is 27.8 Å². The third-order valence-electron chi connectivity index (χ3n) is 2.99. The van der Waals surface area contributed by atoms with E-state index >= 15 is 0 Å². The highest BCUT2D eigenvalue weighted by molar-refractivity contribution is 7.16. The molecule has 3 rings (SSSR count). The molecule has 1 atom stereocenters. The molecule has 5 nitrogen and oxygen atoms in total. The van der Waals surface area contributed by atoms with Crippen LogP contribution < -0.4 is 5.73 Å². The van der Waals surface area contributed by atoms with Gasteiger partial charge in [-0.05, 0) is 12.5 Å². The second-order valence-corrected chi connectivity index (χ2v) is 5.67. The SMILES string of the molecule is CC(CN)Cc1nn2c(-c3ccccc3)nnc2s1. The van der Waals surface area contributed by atoms with Crippen molar-refractivity contribution >= 4 is 16.3 Å². The molecule has 2 N–H and O–H groups in total. The van der Waals surface area contributed by atoms with Crippen molar-refractivity contribution < 1.29 is 0 Å². The van der Waals surface area contributed by atoms with Gasteiger partial charge in [-0.1, -0.05) is 48.6 Å². The summed E-state index contributed by atoms with van der Waals surface area (Å²) in [6.07, 6.45) is 0.888. The number of fused-ring (bicyclic) bond motifs is 1. The summed E-state index contributed by atoms with van der Waals surface area (Å²) < 4.78 is 1.82. The molecule has 0 bridgehead atoms. The predicted molar refractivity (Wildman–Crippen MR) is 76.0 cm³/mol. The van der Waals surface area contributed by atoms with Crippen LogP contribution in [0.15, 0.2) is 30.3 Å². The van der Waals surface area contributed by atoms with E-state index in [9.17, 15) is 0 Å². The van der Waals surface area contributed by atoms with E-state index in [0.29, 0.717) is 12.5 Å². The lowest BCUT2D eigenvalue weighted by atomic mass is 10.1. The average molecular weight is 273 g/mol. The molecule has 1 unspecified atom stereocenters. The quantitative estimate of drug-likeness (QED) is 0.789. The van der Waals surface area contributed by atoms with Crippen molar-refractivity contribution in [2.45, 2.75) is 13.3 Å². The third kappa shape index (κ3) is 2.36. The molecular formula is C13H15N5S. The number of nitrogens with two attached hydrogens (primary N) is 1. The van der Waals surface area contributed by atoms with Gasteiger partial charge in [0.25, 0.3) is 0 Å². The van der Waals surface area contributed by atoms with Crippen LogP contribution >= 0.6 is 11.3 Å². The number of rotatable bonds is 4. The molecule has 0 saturated heterocycles. The fraction of sp³-hybridized carbons (Fsp3) is 0.308. The second-order valence-electron chi connectivity index (χ2n) is 4.62. The highest BCUT2D eigenvalue weighted by atomic mass is 32.1. The number of benzene rings is 1. The molecule has 6 heteroatoms. The van der Waals surface area contributed by atoms with Gasteiger partial charge in [-0.15, -0.1) is 10.2 Å². The minimum absolute atomic E-state index is 0.434. The molecule has 2 heterocycles. The van der Waals surface area contributed by atoms with Crippen molar-refractivity contribution in [3.05, 3.63) is 35.3 Å². The summed E-state index contributed by atoms with van der Waals surface area (Å²) >= 11 is 1.58. The van der Waals surface area contributed by atoms with Gasteiger partial charge in [0, 0.05) is 12.0 Å². The van der Waals surface area contributed by atoms with Crippen molar-refractivity contribution in [3.8, 4) is 11.4 Å². The highest BCUT2D eigenvalue weighted by Crippen LogP contribution is 2.22. The Hall–Kier alpha value is -1.79. The van der Waals surface area contributed by atoms with Gasteiger partial charge < -0.3 is 5.73 Å². The molecular weight excluding hydrogens is 258 g/mol. The monoisotopic (exact) mass is 273 g/mol. The van der Waals surface area contributed by atoms with Gasteiger partial charge in [-0.25, -0.2) is 0 Å². The molecule has 0 aliphatic rings. The number of aromatic nitrogens is 4. The standard InChI is InChI=1S/C13H15N5S/c1-9(8-14)7-11-17-18-12(15-16-13(18)19-11)10-5-3-2-4-6-10/h2-6,9H,7-8,14H2,1H3. The Kier molecular flexibility index (Phi) is 3.27. The normalized spacial score (nSPS) is 12.9. The van der Waals surface area contributed by atoms with Crippen molar-refractivity contribution in [2.75, 3.05) is 6.54 Å². The molecule has 98 valence electrons. The first-order valence-corrected chi connectivity index (χ1v) is 7.06. The highest BCUT2D eigenvalue weighted by Gasteiger charge is 2.14. The summed E-state index contributed by atoms with van der Waals surface area (Å²) in [5.74, 6) is 1.22. The minimum Gasteiger partial charge on any atom is -0.330 e. The van der Waals surface area contributed by atoms with Crippen LogP contribution in [0.25, 0.3) is 16.3 Å². The summed E-state index contributed by atoms with van der Waals surface area (Å²) in [6.45, 7) is 2.80. The summed E-state index contributed by atoms with van der Waals surface area (Å²) in [7, 11) is 0. The summed E-state index contributed by atoms with van der Waals surface area (Å²) in [6, 6.07) is 9.98. The van der Waals surface area contributed by atoms with Crippen LogP contribution in [0.2, 0.25) is 0 Å². The summed E-state index contributed by atoms with van der Waals surface area (Å²) in [5, 5.41) is 14.0. The molecule has 0 aliphatic heterocycles. The van der Waals surface area contributed by atoms with Gasteiger partial charge in [0.1, 0.15) is 5.01 Å². The van der Waals surface area contributed by atoms with Crippen LogP contribution in [0.1, 0.15) is 11.9 Å². The first kappa shape index (κ1) is 12.3. The topological polar surface area (TPSA) is 69.1 Å². The van der Waals surface area contributed by atoms with Crippen LogP contribution in [0.4, 0.5) is 0 Å². The lowest BCUT2D eigenvalue weighted by Gasteiger charge is -2.03. The fourth-order valence-corrected chi connectivity index (χ4v) is 2.88. The van der Waals surface area contributed by atoms with E-state index in [4.69, 9.17) is 5.73 Å². The van der Waals surface area contributed by atoms with E-state index in [2.05, 4.69) is 22.2 Å². The number of nitrogens with zero attached hydrogens (tertiary/aromatic N) is 4. The maximum Gasteiger partial charge on any atom is 0.234 e. The second kappa shape index (κ2) is 5.07. The zero-order chi connectivity index (χ0) is 13.2. The molecule has 0 saturated carbocycles. The maximum absolute atomic E-state index is 5.65. The molecule has 0 aliphatic carbocycles. The van der Waals surface area contributed by atoms with E-state index < -0.39 is 0 Å². The van der Waals surface area contributed by atoms with E-state index in [-0.39, 0.29) is 0 Å². The summed E-state index contributed by atoms with van der Waals surface area (Å²) in [5.41, 5.74) is 6.68. The third-order valence-corrected chi connectivity index (χ3v) is 3.91. The Morgan fingerprint density at radius 3 is 2.79 bits per heavy atom. The van der Waals surface area contributed by atoms with Gasteiger partial charge in [0.05, 0.1) is 0 Å². The lowest BCUT2D eigenvalue weighted by Crippen LogP contribution is -2.13. The Morgan fingerprint density at radius 2 is 2.05 bits per heavy atom. The van der Waals surface area contributed by atoms with Crippen LogP contribution in [0, 0.1) is 5.92 Å². The van der Waals surface area contributed by atoms with E-state index in [1.54, 1.807) is 11.3 Å². The minimum atomic E-state index is 0.434. The molecule has 19 heavy (non-hydrogen) atoms. The van der Waals surface area contributed by atoms with Crippen LogP contribution in [-0.4, -0.2) is 26.4 Å². The Bertz CT molecular complexity index is 673.